The van der Waals surface area contributed by atoms with E-state index in [1.54, 1.807) is 12.1 Å². The highest BCUT2D eigenvalue weighted by molar-refractivity contribution is 7.99. The van der Waals surface area contributed by atoms with Crippen molar-refractivity contribution in [1.82, 2.24) is 10.2 Å². The zero-order chi connectivity index (χ0) is 21.1. The maximum Gasteiger partial charge on any atom is 0.261 e. The van der Waals surface area contributed by atoms with Crippen molar-refractivity contribution in [1.29, 1.82) is 0 Å². The number of aryl methyl sites for hydroxylation is 3. The van der Waals surface area contributed by atoms with Crippen LogP contribution < -0.4 is 10.6 Å². The van der Waals surface area contributed by atoms with Crippen molar-refractivity contribution in [2.75, 3.05) is 36.5 Å². The van der Waals surface area contributed by atoms with Crippen LogP contribution in [0.5, 0.6) is 0 Å². The first kappa shape index (κ1) is 20.9. The standard InChI is InChI=1S/C22H25N3O3S2/c1-14-5-6-16(22(28)25-7-9-29-10-8-25)11-17(14)24-20(26)13-23-21(27)19-12-15-3-2-4-18(15)30-19/h5-6,11-12H,2-4,7-10,13H2,1H3,(H,23,27)(H,24,26). The summed E-state index contributed by atoms with van der Waals surface area (Å²) in [4.78, 5) is 41.3. The first-order valence-corrected chi connectivity index (χ1v) is 12.2. The Morgan fingerprint density at radius 3 is 2.67 bits per heavy atom. The first-order chi connectivity index (χ1) is 14.5. The number of benzene rings is 1. The molecule has 30 heavy (non-hydrogen) atoms. The van der Waals surface area contributed by atoms with Crippen LogP contribution in [0.4, 0.5) is 5.69 Å². The maximum absolute atomic E-state index is 12.7. The van der Waals surface area contributed by atoms with Crippen LogP contribution in [0.15, 0.2) is 24.3 Å². The number of anilines is 1. The average molecular weight is 444 g/mol. The molecule has 1 aliphatic heterocycles. The van der Waals surface area contributed by atoms with Gasteiger partial charge in [0.1, 0.15) is 0 Å². The lowest BCUT2D eigenvalue weighted by Crippen LogP contribution is -2.38. The number of hydrogen-bond donors (Lipinski definition) is 2. The number of nitrogens with one attached hydrogen (secondary N) is 2. The molecule has 0 bridgehead atoms. The summed E-state index contributed by atoms with van der Waals surface area (Å²) >= 11 is 3.37. The molecule has 0 spiro atoms. The summed E-state index contributed by atoms with van der Waals surface area (Å²) in [6.45, 7) is 3.27. The number of nitrogens with zero attached hydrogens (tertiary/aromatic N) is 1. The number of carbonyl (C=O) groups excluding carboxylic acids is 3. The normalized spacial score (nSPS) is 15.6. The van der Waals surface area contributed by atoms with Crippen LogP contribution >= 0.6 is 23.1 Å². The summed E-state index contributed by atoms with van der Waals surface area (Å²) in [7, 11) is 0. The Morgan fingerprint density at radius 2 is 1.90 bits per heavy atom. The van der Waals surface area contributed by atoms with Gasteiger partial charge in [-0.15, -0.1) is 11.3 Å². The molecule has 2 aromatic rings. The van der Waals surface area contributed by atoms with Gasteiger partial charge >= 0.3 is 0 Å². The zero-order valence-electron chi connectivity index (χ0n) is 17.0. The third-order valence-corrected chi connectivity index (χ3v) is 7.62. The van der Waals surface area contributed by atoms with Crippen LogP contribution in [0.1, 0.15) is 42.5 Å². The van der Waals surface area contributed by atoms with Crippen LogP contribution in [-0.4, -0.2) is 53.8 Å². The fraction of sp³-hybridized carbons (Fsp3) is 0.409. The molecule has 1 aromatic carbocycles. The summed E-state index contributed by atoms with van der Waals surface area (Å²) < 4.78 is 0. The van der Waals surface area contributed by atoms with Crippen molar-refractivity contribution in [2.45, 2.75) is 26.2 Å². The van der Waals surface area contributed by atoms with Crippen molar-refractivity contribution in [3.05, 3.63) is 50.7 Å². The van der Waals surface area contributed by atoms with E-state index in [1.807, 2.05) is 35.7 Å². The summed E-state index contributed by atoms with van der Waals surface area (Å²) in [5.41, 5.74) is 3.30. The Balaban J connectivity index is 1.35. The molecule has 1 aliphatic carbocycles. The van der Waals surface area contributed by atoms with E-state index >= 15 is 0 Å². The van der Waals surface area contributed by atoms with Gasteiger partial charge in [-0.2, -0.15) is 11.8 Å². The van der Waals surface area contributed by atoms with Crippen LogP contribution in [0.2, 0.25) is 0 Å². The highest BCUT2D eigenvalue weighted by atomic mass is 32.2. The SMILES string of the molecule is Cc1ccc(C(=O)N2CCSCC2)cc1NC(=O)CNC(=O)c1cc2c(s1)CCC2. The zero-order valence-corrected chi connectivity index (χ0v) is 18.6. The molecule has 2 N–H and O–H groups in total. The summed E-state index contributed by atoms with van der Waals surface area (Å²) in [5.74, 6) is 1.37. The number of fused-ring (bicyclic) bond motifs is 1. The molecule has 8 heteroatoms. The lowest BCUT2D eigenvalue weighted by atomic mass is 10.1. The molecule has 1 saturated heterocycles. The number of thiophene rings is 1. The van der Waals surface area contributed by atoms with E-state index in [1.165, 1.54) is 21.8 Å². The molecule has 1 aromatic heterocycles. The van der Waals surface area contributed by atoms with Gasteiger partial charge in [-0.25, -0.2) is 0 Å². The van der Waals surface area contributed by atoms with Crippen molar-refractivity contribution in [3.63, 3.8) is 0 Å². The maximum atomic E-state index is 12.7. The second-order valence-electron chi connectivity index (χ2n) is 7.58. The predicted octanol–water partition coefficient (Wildman–Crippen LogP) is 3.10. The molecule has 0 saturated carbocycles. The van der Waals surface area contributed by atoms with Gasteiger partial charge in [0.05, 0.1) is 11.4 Å². The molecular formula is C22H25N3O3S2. The molecule has 158 valence electrons. The van der Waals surface area contributed by atoms with Gasteiger partial charge in [0, 0.05) is 40.7 Å². The van der Waals surface area contributed by atoms with E-state index in [0.29, 0.717) is 16.1 Å². The molecule has 4 rings (SSSR count). The number of carbonyl (C=O) groups is 3. The topological polar surface area (TPSA) is 78.5 Å². The molecule has 6 nitrogen and oxygen atoms in total. The quantitative estimate of drug-likeness (QED) is 0.744. The molecule has 0 unspecified atom stereocenters. The van der Waals surface area contributed by atoms with Gasteiger partial charge in [-0.1, -0.05) is 6.07 Å². The Bertz CT molecular complexity index is 959. The fourth-order valence-corrected chi connectivity index (χ4v) is 5.79. The van der Waals surface area contributed by atoms with Crippen molar-refractivity contribution < 1.29 is 14.4 Å². The average Bonchev–Trinajstić information content (AvgIpc) is 3.36. The van der Waals surface area contributed by atoms with Crippen molar-refractivity contribution in [3.8, 4) is 0 Å². The van der Waals surface area contributed by atoms with E-state index in [-0.39, 0.29) is 24.3 Å². The summed E-state index contributed by atoms with van der Waals surface area (Å²) in [5, 5.41) is 5.53. The van der Waals surface area contributed by atoms with E-state index in [2.05, 4.69) is 10.6 Å². The fourth-order valence-electron chi connectivity index (χ4n) is 3.72. The molecule has 0 radical (unpaired) electrons. The second kappa shape index (κ2) is 9.22. The highest BCUT2D eigenvalue weighted by Gasteiger charge is 2.20. The van der Waals surface area contributed by atoms with Crippen LogP contribution in [0.3, 0.4) is 0 Å². The van der Waals surface area contributed by atoms with Crippen LogP contribution in [0, 0.1) is 6.92 Å². The Labute approximate surface area is 184 Å². The number of rotatable bonds is 5. The van der Waals surface area contributed by atoms with Gasteiger partial charge in [0.15, 0.2) is 0 Å². The third kappa shape index (κ3) is 4.70. The highest BCUT2D eigenvalue weighted by Crippen LogP contribution is 2.30. The largest absolute Gasteiger partial charge is 0.342 e. The minimum atomic E-state index is -0.311. The molecule has 2 heterocycles. The molecular weight excluding hydrogens is 418 g/mol. The molecule has 1 fully saturated rings. The minimum absolute atomic E-state index is 0.00940. The smallest absolute Gasteiger partial charge is 0.261 e. The van der Waals surface area contributed by atoms with Crippen molar-refractivity contribution >= 4 is 46.5 Å². The Kier molecular flexibility index (Phi) is 6.43. The first-order valence-electron chi connectivity index (χ1n) is 10.2. The minimum Gasteiger partial charge on any atom is -0.342 e. The molecule has 0 atom stereocenters. The predicted molar refractivity (Wildman–Crippen MR) is 122 cm³/mol. The third-order valence-electron chi connectivity index (χ3n) is 5.44. The number of amides is 3. The van der Waals surface area contributed by atoms with Crippen LogP contribution in [-0.2, 0) is 17.6 Å². The van der Waals surface area contributed by atoms with E-state index < -0.39 is 0 Å². The van der Waals surface area contributed by atoms with Crippen molar-refractivity contribution in [2.24, 2.45) is 0 Å². The van der Waals surface area contributed by atoms with E-state index in [0.717, 1.165) is 49.4 Å². The summed E-state index contributed by atoms with van der Waals surface area (Å²) in [6.07, 6.45) is 3.23. The van der Waals surface area contributed by atoms with Gasteiger partial charge in [0.25, 0.3) is 11.8 Å². The second-order valence-corrected chi connectivity index (χ2v) is 9.94. The lowest BCUT2D eigenvalue weighted by Gasteiger charge is -2.26. The summed E-state index contributed by atoms with van der Waals surface area (Å²) in [6, 6.07) is 7.31. The van der Waals surface area contributed by atoms with E-state index in [4.69, 9.17) is 0 Å². The number of thioether (sulfide) groups is 1. The Hall–Kier alpha value is -2.32. The van der Waals surface area contributed by atoms with E-state index in [9.17, 15) is 14.4 Å². The lowest BCUT2D eigenvalue weighted by molar-refractivity contribution is -0.115. The number of hydrogen-bond acceptors (Lipinski definition) is 5. The monoisotopic (exact) mass is 443 g/mol. The van der Waals surface area contributed by atoms with Gasteiger partial charge < -0.3 is 15.5 Å². The Morgan fingerprint density at radius 1 is 1.10 bits per heavy atom. The molecule has 3 amide bonds. The van der Waals surface area contributed by atoms with Gasteiger partial charge in [0.2, 0.25) is 5.91 Å². The van der Waals surface area contributed by atoms with Gasteiger partial charge in [-0.05, 0) is 55.5 Å². The van der Waals surface area contributed by atoms with Gasteiger partial charge in [-0.3, -0.25) is 14.4 Å². The molecule has 2 aliphatic rings. The van der Waals surface area contributed by atoms with Crippen LogP contribution in [0.25, 0.3) is 0 Å².